The molecule has 0 bridgehead atoms. The number of nitrogens with one attached hydrogen (secondary N) is 1. The number of amides is 1. The van der Waals surface area contributed by atoms with Crippen molar-refractivity contribution in [3.05, 3.63) is 47.0 Å². The quantitative estimate of drug-likeness (QED) is 0.615. The molecule has 0 fully saturated rings. The standard InChI is InChI=1S/C20H27NO3/c1-15-8-10-18(11-9-15)14-19(22)24-16(2)20(23)21-13-12-17-6-4-3-5-7-17/h6,8-11,16H,3-5,7,12-14H2,1-2H3,(H,21,23)/t16-/m0/s1. The zero-order valence-corrected chi connectivity index (χ0v) is 14.6. The summed E-state index contributed by atoms with van der Waals surface area (Å²) in [6.07, 6.45) is 7.38. The van der Waals surface area contributed by atoms with E-state index in [0.717, 1.165) is 30.4 Å². The number of allylic oxidation sites excluding steroid dienone is 1. The van der Waals surface area contributed by atoms with Gasteiger partial charge in [-0.15, -0.1) is 0 Å². The first-order valence-corrected chi connectivity index (χ1v) is 8.75. The number of carbonyl (C=O) groups is 2. The second-order valence-corrected chi connectivity index (χ2v) is 6.44. The highest BCUT2D eigenvalue weighted by molar-refractivity contribution is 5.83. The van der Waals surface area contributed by atoms with Crippen molar-refractivity contribution in [3.8, 4) is 0 Å². The Balaban J connectivity index is 1.69. The monoisotopic (exact) mass is 329 g/mol. The van der Waals surface area contributed by atoms with Gasteiger partial charge in [0.15, 0.2) is 6.10 Å². The fourth-order valence-corrected chi connectivity index (χ4v) is 2.79. The summed E-state index contributed by atoms with van der Waals surface area (Å²) in [7, 11) is 0. The first-order valence-electron chi connectivity index (χ1n) is 8.75. The highest BCUT2D eigenvalue weighted by Crippen LogP contribution is 2.19. The number of esters is 1. The molecule has 1 amide bonds. The van der Waals surface area contributed by atoms with Crippen LogP contribution in [0.5, 0.6) is 0 Å². The molecule has 0 spiro atoms. The van der Waals surface area contributed by atoms with Crippen LogP contribution in [0.1, 0.15) is 50.2 Å². The van der Waals surface area contributed by atoms with Crippen LogP contribution in [0.2, 0.25) is 0 Å². The molecule has 1 aliphatic rings. The van der Waals surface area contributed by atoms with Crippen LogP contribution in [0.15, 0.2) is 35.9 Å². The summed E-state index contributed by atoms with van der Waals surface area (Å²) in [5.41, 5.74) is 3.46. The fraction of sp³-hybridized carbons (Fsp3) is 0.500. The molecule has 0 radical (unpaired) electrons. The Kier molecular flexibility index (Phi) is 7.04. The number of hydrogen-bond donors (Lipinski definition) is 1. The molecule has 1 aliphatic carbocycles. The van der Waals surface area contributed by atoms with Gasteiger partial charge in [0.2, 0.25) is 0 Å². The lowest BCUT2D eigenvalue weighted by Gasteiger charge is -2.15. The Morgan fingerprint density at radius 2 is 1.96 bits per heavy atom. The van der Waals surface area contributed by atoms with Crippen LogP contribution in [-0.4, -0.2) is 24.5 Å². The zero-order valence-electron chi connectivity index (χ0n) is 14.6. The second kappa shape index (κ2) is 9.26. The summed E-state index contributed by atoms with van der Waals surface area (Å²) in [4.78, 5) is 23.9. The van der Waals surface area contributed by atoms with Crippen LogP contribution in [-0.2, 0) is 20.7 Å². The van der Waals surface area contributed by atoms with Crippen molar-refractivity contribution in [1.82, 2.24) is 5.32 Å². The summed E-state index contributed by atoms with van der Waals surface area (Å²) in [6.45, 7) is 4.21. The van der Waals surface area contributed by atoms with Crippen molar-refractivity contribution < 1.29 is 14.3 Å². The van der Waals surface area contributed by atoms with Gasteiger partial charge in [-0.2, -0.15) is 0 Å². The number of hydrogen-bond acceptors (Lipinski definition) is 3. The van der Waals surface area contributed by atoms with Gasteiger partial charge in [0.05, 0.1) is 6.42 Å². The summed E-state index contributed by atoms with van der Waals surface area (Å²) in [5.74, 6) is -0.611. The number of benzene rings is 1. The molecule has 0 saturated carbocycles. The predicted octanol–water partition coefficient (Wildman–Crippen LogP) is 3.48. The molecular weight excluding hydrogens is 302 g/mol. The first-order chi connectivity index (χ1) is 11.5. The predicted molar refractivity (Wildman–Crippen MR) is 94.6 cm³/mol. The van der Waals surface area contributed by atoms with Crippen LogP contribution in [0, 0.1) is 6.92 Å². The van der Waals surface area contributed by atoms with Gasteiger partial charge in [-0.3, -0.25) is 9.59 Å². The highest BCUT2D eigenvalue weighted by atomic mass is 16.5. The number of carbonyl (C=O) groups excluding carboxylic acids is 2. The third-order valence-electron chi connectivity index (χ3n) is 4.28. The van der Waals surface area contributed by atoms with Gasteiger partial charge in [0.1, 0.15) is 0 Å². The van der Waals surface area contributed by atoms with Gasteiger partial charge < -0.3 is 10.1 Å². The fourth-order valence-electron chi connectivity index (χ4n) is 2.79. The minimum atomic E-state index is -0.761. The van der Waals surface area contributed by atoms with Crippen LogP contribution >= 0.6 is 0 Å². The van der Waals surface area contributed by atoms with Crippen LogP contribution in [0.3, 0.4) is 0 Å². The molecule has 0 unspecified atom stereocenters. The van der Waals surface area contributed by atoms with Crippen LogP contribution in [0.25, 0.3) is 0 Å². The number of rotatable bonds is 7. The van der Waals surface area contributed by atoms with Gasteiger partial charge in [-0.05, 0) is 51.5 Å². The number of ether oxygens (including phenoxy) is 1. The molecule has 2 rings (SSSR count). The average molecular weight is 329 g/mol. The summed E-state index contributed by atoms with van der Waals surface area (Å²) in [6, 6.07) is 7.72. The maximum Gasteiger partial charge on any atom is 0.311 e. The number of aryl methyl sites for hydroxylation is 1. The van der Waals surface area contributed by atoms with Crippen molar-refractivity contribution in [2.45, 2.75) is 58.5 Å². The maximum absolute atomic E-state index is 12.0. The molecule has 0 aromatic heterocycles. The smallest absolute Gasteiger partial charge is 0.311 e. The lowest BCUT2D eigenvalue weighted by Crippen LogP contribution is -2.36. The zero-order chi connectivity index (χ0) is 17.4. The largest absolute Gasteiger partial charge is 0.452 e. The Hall–Kier alpha value is -2.10. The van der Waals surface area contributed by atoms with Crippen molar-refractivity contribution >= 4 is 11.9 Å². The highest BCUT2D eigenvalue weighted by Gasteiger charge is 2.17. The molecule has 1 aromatic rings. The summed E-state index contributed by atoms with van der Waals surface area (Å²) >= 11 is 0. The third kappa shape index (κ3) is 6.19. The van der Waals surface area contributed by atoms with Crippen LogP contribution < -0.4 is 5.32 Å². The average Bonchev–Trinajstić information content (AvgIpc) is 2.57. The Morgan fingerprint density at radius 3 is 2.62 bits per heavy atom. The molecule has 4 nitrogen and oxygen atoms in total. The van der Waals surface area contributed by atoms with E-state index in [-0.39, 0.29) is 18.3 Å². The van der Waals surface area contributed by atoms with E-state index in [1.54, 1.807) is 6.92 Å². The molecule has 130 valence electrons. The van der Waals surface area contributed by atoms with E-state index in [9.17, 15) is 9.59 Å². The second-order valence-electron chi connectivity index (χ2n) is 6.44. The molecule has 0 saturated heterocycles. The maximum atomic E-state index is 12.0. The van der Waals surface area contributed by atoms with Crippen molar-refractivity contribution in [3.63, 3.8) is 0 Å². The first kappa shape index (κ1) is 18.2. The van der Waals surface area contributed by atoms with Crippen LogP contribution in [0.4, 0.5) is 0 Å². The molecule has 1 atom stereocenters. The SMILES string of the molecule is Cc1ccc(CC(=O)O[C@@H](C)C(=O)NCCC2=CCCCC2)cc1. The molecule has 0 heterocycles. The van der Waals surface area contributed by atoms with E-state index < -0.39 is 6.10 Å². The lowest BCUT2D eigenvalue weighted by molar-refractivity contribution is -0.154. The van der Waals surface area contributed by atoms with Crippen molar-refractivity contribution in [2.24, 2.45) is 0 Å². The van der Waals surface area contributed by atoms with Gasteiger partial charge in [0.25, 0.3) is 5.91 Å². The van der Waals surface area contributed by atoms with E-state index >= 15 is 0 Å². The summed E-state index contributed by atoms with van der Waals surface area (Å²) < 4.78 is 5.22. The third-order valence-corrected chi connectivity index (χ3v) is 4.28. The van der Waals surface area contributed by atoms with Crippen molar-refractivity contribution in [1.29, 1.82) is 0 Å². The Bertz CT molecular complexity index is 589. The minimum Gasteiger partial charge on any atom is -0.452 e. The molecule has 24 heavy (non-hydrogen) atoms. The minimum absolute atomic E-state index is 0.185. The van der Waals surface area contributed by atoms with Gasteiger partial charge in [0, 0.05) is 6.54 Å². The molecular formula is C20H27NO3. The van der Waals surface area contributed by atoms with E-state index in [0.29, 0.717) is 6.54 Å². The lowest BCUT2D eigenvalue weighted by atomic mass is 9.97. The van der Waals surface area contributed by atoms with E-state index in [1.807, 2.05) is 31.2 Å². The normalized spacial score (nSPS) is 15.3. The molecule has 1 N–H and O–H groups in total. The summed E-state index contributed by atoms with van der Waals surface area (Å²) in [5, 5.41) is 2.85. The Labute approximate surface area is 144 Å². The molecule has 0 aliphatic heterocycles. The van der Waals surface area contributed by atoms with Gasteiger partial charge >= 0.3 is 5.97 Å². The molecule has 4 heteroatoms. The van der Waals surface area contributed by atoms with E-state index in [2.05, 4.69) is 11.4 Å². The topological polar surface area (TPSA) is 55.4 Å². The van der Waals surface area contributed by atoms with Gasteiger partial charge in [-0.1, -0.05) is 41.5 Å². The van der Waals surface area contributed by atoms with E-state index in [4.69, 9.17) is 4.74 Å². The van der Waals surface area contributed by atoms with E-state index in [1.165, 1.54) is 18.4 Å². The Morgan fingerprint density at radius 1 is 1.21 bits per heavy atom. The van der Waals surface area contributed by atoms with Crippen molar-refractivity contribution in [2.75, 3.05) is 6.54 Å². The van der Waals surface area contributed by atoms with Gasteiger partial charge in [-0.25, -0.2) is 0 Å². The molecule has 1 aromatic carbocycles.